The van der Waals surface area contributed by atoms with Crippen molar-refractivity contribution in [1.29, 1.82) is 5.26 Å². The number of benzene rings is 1. The molecule has 3 rings (SSSR count). The van der Waals surface area contributed by atoms with Crippen LogP contribution in [0.2, 0.25) is 0 Å². The van der Waals surface area contributed by atoms with E-state index in [4.69, 9.17) is 18.9 Å². The molecule has 34 heavy (non-hydrogen) atoms. The van der Waals surface area contributed by atoms with Crippen molar-refractivity contribution in [2.75, 3.05) is 48.0 Å². The monoisotopic (exact) mass is 473 g/mol. The molecule has 0 radical (unpaired) electrons. The summed E-state index contributed by atoms with van der Waals surface area (Å²) in [5.41, 5.74) is 0.678. The lowest BCUT2D eigenvalue weighted by Gasteiger charge is -2.38. The average Bonchev–Trinajstić information content (AvgIpc) is 2.85. The second kappa shape index (κ2) is 11.6. The number of carbonyl (C=O) groups excluding carboxylic acids is 2. The molecule has 2 aliphatic rings. The highest BCUT2D eigenvalue weighted by Crippen LogP contribution is 2.27. The highest BCUT2D eigenvalue weighted by atomic mass is 16.5. The fourth-order valence-electron chi connectivity index (χ4n) is 4.64. The first-order valence-electron chi connectivity index (χ1n) is 11.7. The van der Waals surface area contributed by atoms with Crippen molar-refractivity contribution in [1.82, 2.24) is 9.80 Å². The summed E-state index contributed by atoms with van der Waals surface area (Å²) in [4.78, 5) is 29.7. The molecule has 1 aromatic carbocycles. The van der Waals surface area contributed by atoms with Crippen LogP contribution in [0.4, 0.5) is 0 Å². The van der Waals surface area contributed by atoms with E-state index in [1.54, 1.807) is 45.2 Å². The normalized spacial score (nSPS) is 29.2. The van der Waals surface area contributed by atoms with Crippen molar-refractivity contribution in [2.45, 2.75) is 50.6 Å². The third kappa shape index (κ3) is 5.87. The Morgan fingerprint density at radius 1 is 1.03 bits per heavy atom. The quantitative estimate of drug-likeness (QED) is 0.648. The largest absolute Gasteiger partial charge is 0.493 e. The number of carbonyl (C=O) groups is 2. The van der Waals surface area contributed by atoms with Crippen molar-refractivity contribution < 1.29 is 28.5 Å². The van der Waals surface area contributed by atoms with E-state index >= 15 is 0 Å². The lowest BCUT2D eigenvalue weighted by Crippen LogP contribution is -2.50. The number of ether oxygens (including phenoxy) is 4. The number of fused-ring (bicyclic) bond motifs is 3. The molecule has 9 nitrogen and oxygen atoms in total. The Morgan fingerprint density at radius 3 is 2.44 bits per heavy atom. The van der Waals surface area contributed by atoms with Crippen LogP contribution in [0.1, 0.15) is 42.1 Å². The second-order valence-electron chi connectivity index (χ2n) is 9.08. The van der Waals surface area contributed by atoms with Crippen molar-refractivity contribution in [3.05, 3.63) is 29.3 Å². The van der Waals surface area contributed by atoms with Gasteiger partial charge in [-0.25, -0.2) is 0 Å². The summed E-state index contributed by atoms with van der Waals surface area (Å²) in [5, 5.41) is 9.33. The van der Waals surface area contributed by atoms with Crippen LogP contribution in [0.25, 0.3) is 0 Å². The molecule has 5 atom stereocenters. The van der Waals surface area contributed by atoms with Crippen molar-refractivity contribution in [3.63, 3.8) is 0 Å². The minimum absolute atomic E-state index is 0.0443. The standard InChI is InChI=1S/C25H35N3O6/c1-16-22(32-5)14-28(3)25(30)19-12-17(13-26)6-8-20(19)33-11-10-18-7-9-21(31-4)23(34-18)15-27(2)24(16)29/h6,8,12,16,18,21-23H,7,9-11,14-15H2,1-5H3/t16-,18-,21+,22-,23+/m1/s1. The molecular formula is C25H35N3O6. The molecule has 0 spiro atoms. The molecule has 9 heteroatoms. The highest BCUT2D eigenvalue weighted by molar-refractivity contribution is 5.97. The van der Waals surface area contributed by atoms with Gasteiger partial charge in [0.25, 0.3) is 5.91 Å². The van der Waals surface area contributed by atoms with Gasteiger partial charge < -0.3 is 28.7 Å². The smallest absolute Gasteiger partial charge is 0.257 e. The molecule has 0 aromatic heterocycles. The molecule has 2 aliphatic heterocycles. The molecular weight excluding hydrogens is 438 g/mol. The van der Waals surface area contributed by atoms with Gasteiger partial charge in [-0.2, -0.15) is 5.26 Å². The van der Waals surface area contributed by atoms with Crippen LogP contribution in [0.3, 0.4) is 0 Å². The van der Waals surface area contributed by atoms with Crippen LogP contribution in [0.15, 0.2) is 18.2 Å². The van der Waals surface area contributed by atoms with E-state index in [9.17, 15) is 14.9 Å². The van der Waals surface area contributed by atoms with Crippen LogP contribution < -0.4 is 4.74 Å². The van der Waals surface area contributed by atoms with E-state index in [1.807, 2.05) is 0 Å². The Hall–Kier alpha value is -2.67. The lowest BCUT2D eigenvalue weighted by molar-refractivity contribution is -0.154. The summed E-state index contributed by atoms with van der Waals surface area (Å²) >= 11 is 0. The first-order chi connectivity index (χ1) is 16.3. The molecule has 2 bridgehead atoms. The molecule has 1 saturated heterocycles. The third-order valence-electron chi connectivity index (χ3n) is 6.77. The zero-order chi connectivity index (χ0) is 24.8. The Balaban J connectivity index is 1.93. The van der Waals surface area contributed by atoms with Gasteiger partial charge in [0.05, 0.1) is 48.0 Å². The van der Waals surface area contributed by atoms with Gasteiger partial charge in [0.1, 0.15) is 11.9 Å². The topological polar surface area (TPSA) is 101 Å². The number of amides is 2. The molecule has 2 amide bonds. The zero-order valence-electron chi connectivity index (χ0n) is 20.7. The SMILES string of the molecule is CO[C@H]1CC[C@@H]2CCOc3ccc(C#N)cc3C(=O)N(C)C[C@@H](OC)[C@@H](C)C(=O)N(C)C[C@@H]1O2. The van der Waals surface area contributed by atoms with E-state index < -0.39 is 12.0 Å². The number of methoxy groups -OCH3 is 2. The molecule has 0 aliphatic carbocycles. The predicted octanol–water partition coefficient (Wildman–Crippen LogP) is 2.08. The summed E-state index contributed by atoms with van der Waals surface area (Å²) in [6, 6.07) is 6.90. The summed E-state index contributed by atoms with van der Waals surface area (Å²) in [6.45, 7) is 2.77. The maximum absolute atomic E-state index is 13.3. The van der Waals surface area contributed by atoms with E-state index in [-0.39, 0.29) is 36.7 Å². The van der Waals surface area contributed by atoms with Gasteiger partial charge in [-0.15, -0.1) is 0 Å². The third-order valence-corrected chi connectivity index (χ3v) is 6.77. The molecule has 0 saturated carbocycles. The van der Waals surface area contributed by atoms with Gasteiger partial charge in [0.2, 0.25) is 5.91 Å². The van der Waals surface area contributed by atoms with Crippen LogP contribution in [0.5, 0.6) is 5.75 Å². The minimum Gasteiger partial charge on any atom is -0.493 e. The molecule has 2 heterocycles. The van der Waals surface area contributed by atoms with Gasteiger partial charge in [-0.3, -0.25) is 9.59 Å². The van der Waals surface area contributed by atoms with E-state index in [0.717, 1.165) is 12.8 Å². The zero-order valence-corrected chi connectivity index (χ0v) is 20.7. The average molecular weight is 474 g/mol. The molecule has 1 fully saturated rings. The van der Waals surface area contributed by atoms with Crippen LogP contribution >= 0.6 is 0 Å². The predicted molar refractivity (Wildman–Crippen MR) is 125 cm³/mol. The molecule has 0 unspecified atom stereocenters. The van der Waals surface area contributed by atoms with Crippen molar-refractivity contribution in [3.8, 4) is 11.8 Å². The number of likely N-dealkylation sites (N-methyl/N-ethyl adjacent to an activating group) is 2. The Labute approximate surface area is 201 Å². The van der Waals surface area contributed by atoms with Crippen molar-refractivity contribution in [2.24, 2.45) is 5.92 Å². The summed E-state index contributed by atoms with van der Waals surface area (Å²) in [6.07, 6.45) is 1.39. The van der Waals surface area contributed by atoms with Gasteiger partial charge in [0, 0.05) is 47.8 Å². The number of rotatable bonds is 2. The Kier molecular flexibility index (Phi) is 8.89. The lowest BCUT2D eigenvalue weighted by atomic mass is 9.97. The molecule has 186 valence electrons. The maximum atomic E-state index is 13.3. The van der Waals surface area contributed by atoms with Gasteiger partial charge in [0.15, 0.2) is 0 Å². The minimum atomic E-state index is -0.515. The van der Waals surface area contributed by atoms with Crippen LogP contribution in [-0.4, -0.2) is 94.0 Å². The number of nitriles is 1. The number of hydrogen-bond donors (Lipinski definition) is 0. The van der Waals surface area contributed by atoms with E-state index in [0.29, 0.717) is 36.4 Å². The Bertz CT molecular complexity index is 916. The van der Waals surface area contributed by atoms with Crippen molar-refractivity contribution >= 4 is 11.8 Å². The maximum Gasteiger partial charge on any atom is 0.257 e. The number of hydrogen-bond acceptors (Lipinski definition) is 7. The van der Waals surface area contributed by atoms with Gasteiger partial charge in [-0.1, -0.05) is 6.92 Å². The van der Waals surface area contributed by atoms with Gasteiger partial charge >= 0.3 is 0 Å². The first kappa shape index (κ1) is 25.9. The summed E-state index contributed by atoms with van der Waals surface area (Å²) < 4.78 is 23.6. The Morgan fingerprint density at radius 2 is 1.76 bits per heavy atom. The fraction of sp³-hybridized carbons (Fsp3) is 0.640. The van der Waals surface area contributed by atoms with E-state index in [2.05, 4.69) is 6.07 Å². The summed E-state index contributed by atoms with van der Waals surface area (Å²) in [5.74, 6) is -0.454. The van der Waals surface area contributed by atoms with Crippen LogP contribution in [0, 0.1) is 17.2 Å². The van der Waals surface area contributed by atoms with Gasteiger partial charge in [-0.05, 0) is 31.0 Å². The second-order valence-corrected chi connectivity index (χ2v) is 9.08. The van der Waals surface area contributed by atoms with Crippen LogP contribution in [-0.2, 0) is 19.0 Å². The molecule has 0 N–H and O–H groups in total. The van der Waals surface area contributed by atoms with E-state index in [1.165, 1.54) is 18.1 Å². The fourth-order valence-corrected chi connectivity index (χ4v) is 4.64. The first-order valence-corrected chi connectivity index (χ1v) is 11.7. The summed E-state index contributed by atoms with van der Waals surface area (Å²) in [7, 11) is 6.61. The number of nitrogens with zero attached hydrogens (tertiary/aromatic N) is 3. The highest BCUT2D eigenvalue weighted by Gasteiger charge is 2.35. The molecule has 1 aromatic rings.